The fraction of sp³-hybridized carbons (Fsp3) is 0.500. The van der Waals surface area contributed by atoms with Gasteiger partial charge in [0.05, 0.1) is 0 Å². The summed E-state index contributed by atoms with van der Waals surface area (Å²) in [5, 5.41) is 0. The Morgan fingerprint density at radius 3 is 0.487 bits per heavy atom. The van der Waals surface area contributed by atoms with E-state index in [2.05, 4.69) is 251 Å². The molecule has 0 atom stereocenters. The molecule has 0 saturated carbocycles. The van der Waals surface area contributed by atoms with Crippen molar-refractivity contribution in [2.75, 3.05) is 0 Å². The van der Waals surface area contributed by atoms with Crippen molar-refractivity contribution in [1.82, 2.24) is 0 Å². The molecular weight excluding hydrogens is 1170 g/mol. The zero-order chi connectivity index (χ0) is 56.9. The second-order valence-electron chi connectivity index (χ2n) is 25.8. The van der Waals surface area contributed by atoms with Gasteiger partial charge in [0, 0.05) is 0 Å². The standard InChI is InChI=1S/2C36H49.2ClH.2Sn/c2*1-21(2)29-17-31(23(5)6)35(32(18-29)24(7)8)27-14-13-15-28(16-27)36-33(25(9)10)19-30(22(3)4)20-34(36)26(11)12;;;;/h2*13-15,17-26H,1-12H3;2*1H;;/q;;;;2*+1/p-2. The van der Waals surface area contributed by atoms with Crippen molar-refractivity contribution in [3.8, 4) is 44.5 Å². The van der Waals surface area contributed by atoms with Gasteiger partial charge in [-0.15, -0.1) is 0 Å². The van der Waals surface area contributed by atoms with Gasteiger partial charge >= 0.3 is 498 Å². The molecule has 6 aromatic rings. The van der Waals surface area contributed by atoms with E-state index in [-0.39, 0.29) is 0 Å². The molecule has 76 heavy (non-hydrogen) atoms. The summed E-state index contributed by atoms with van der Waals surface area (Å²) in [7, 11) is 14.2. The Labute approximate surface area is 494 Å². The number of rotatable bonds is 18. The first-order valence-corrected chi connectivity index (χ1v) is 39.4. The molecule has 0 N–H and O–H groups in total. The van der Waals surface area contributed by atoms with E-state index in [4.69, 9.17) is 17.8 Å². The predicted molar refractivity (Wildman–Crippen MR) is 346 cm³/mol. The molecule has 0 heterocycles. The van der Waals surface area contributed by atoms with E-state index in [1.165, 1.54) is 118 Å². The van der Waals surface area contributed by atoms with Gasteiger partial charge in [0.2, 0.25) is 0 Å². The van der Waals surface area contributed by atoms with Crippen LogP contribution in [0.5, 0.6) is 0 Å². The number of halogens is 2. The first kappa shape index (κ1) is 64.3. The molecule has 0 nitrogen and oxygen atoms in total. The van der Waals surface area contributed by atoms with Gasteiger partial charge in [0.25, 0.3) is 0 Å². The second-order valence-corrected chi connectivity index (χ2v) is 32.3. The molecule has 0 aliphatic carbocycles. The Hall–Kier alpha value is -2.50. The molecule has 0 aromatic heterocycles. The van der Waals surface area contributed by atoms with Crippen LogP contribution in [-0.4, -0.2) is 40.0 Å². The molecule has 0 spiro atoms. The zero-order valence-electron chi connectivity index (χ0n) is 51.8. The van der Waals surface area contributed by atoms with E-state index in [1.54, 1.807) is 0 Å². The van der Waals surface area contributed by atoms with E-state index in [0.29, 0.717) is 71.0 Å². The van der Waals surface area contributed by atoms with Crippen LogP contribution in [0.1, 0.15) is 304 Å². The van der Waals surface area contributed by atoms with Crippen LogP contribution in [-0.2, 0) is 0 Å². The summed E-state index contributed by atoms with van der Waals surface area (Å²) < 4.78 is 2.86. The van der Waals surface area contributed by atoms with Crippen LogP contribution in [0.3, 0.4) is 0 Å². The van der Waals surface area contributed by atoms with Crippen molar-refractivity contribution in [3.05, 3.63) is 152 Å². The van der Waals surface area contributed by atoms with Gasteiger partial charge in [-0.3, -0.25) is 0 Å². The summed E-state index contributed by atoms with van der Waals surface area (Å²) in [5.41, 5.74) is 28.8. The van der Waals surface area contributed by atoms with Crippen LogP contribution in [0, 0.1) is 0 Å². The fourth-order valence-corrected chi connectivity index (χ4v) is 17.5. The molecule has 0 fully saturated rings. The van der Waals surface area contributed by atoms with E-state index in [1.807, 2.05) is 0 Å². The van der Waals surface area contributed by atoms with Crippen LogP contribution in [0.2, 0.25) is 0 Å². The number of hydrogen-bond donors (Lipinski definition) is 0. The van der Waals surface area contributed by atoms with Crippen LogP contribution >= 0.6 is 17.8 Å². The number of hydrogen-bond acceptors (Lipinski definition) is 0. The van der Waals surface area contributed by atoms with Crippen LogP contribution in [0.4, 0.5) is 0 Å². The average molecular weight is 1270 g/mol. The molecule has 0 amide bonds. The summed E-state index contributed by atoms with van der Waals surface area (Å²) in [5.74, 6) is 5.61. The van der Waals surface area contributed by atoms with Crippen molar-refractivity contribution < 1.29 is 0 Å². The third-order valence-corrected chi connectivity index (χ3v) is 22.6. The number of benzene rings is 6. The van der Waals surface area contributed by atoms with Crippen molar-refractivity contribution in [2.24, 2.45) is 0 Å². The predicted octanol–water partition coefficient (Wildman–Crippen LogP) is 22.5. The average Bonchev–Trinajstić information content (AvgIpc) is 3.36. The molecular formula is C72H98Cl2Sn2. The van der Waals surface area contributed by atoms with Crippen molar-refractivity contribution in [3.63, 3.8) is 0 Å². The van der Waals surface area contributed by atoms with E-state index >= 15 is 0 Å². The SMILES string of the molecule is CC(C)c1cc(C(C)C)c(-c2cccc(-c3c(C(C)C)cc(C(C)C)cc3C(C)C)[c]2[Sn][Cl])c(C(C)C)c1.CC(C)c1cc(C(C)C)c(-c2cccc(-c3c(C(C)C)cc(C(C)C)cc3C(C)C)[c]2[Sn][Cl])c(C(C)C)c1. The Kier molecular flexibility index (Phi) is 23.5. The zero-order valence-corrected chi connectivity index (χ0v) is 59.0. The van der Waals surface area contributed by atoms with Gasteiger partial charge in [0.15, 0.2) is 0 Å². The minimum atomic E-state index is -1.33. The Bertz CT molecular complexity index is 2420. The Morgan fingerprint density at radius 2 is 0.382 bits per heavy atom. The summed E-state index contributed by atoms with van der Waals surface area (Å²) in [4.78, 5) is 0. The van der Waals surface area contributed by atoms with Gasteiger partial charge in [-0.25, -0.2) is 0 Å². The van der Waals surface area contributed by atoms with Crippen molar-refractivity contribution in [2.45, 2.75) is 237 Å². The topological polar surface area (TPSA) is 0 Å². The molecule has 0 aliphatic rings. The molecule has 6 aromatic carbocycles. The molecule has 0 saturated heterocycles. The molecule has 4 heteroatoms. The van der Waals surface area contributed by atoms with Crippen molar-refractivity contribution >= 4 is 65.0 Å². The summed E-state index contributed by atoms with van der Waals surface area (Å²) in [6.07, 6.45) is 0. The van der Waals surface area contributed by atoms with Crippen LogP contribution < -0.4 is 7.16 Å². The normalized spacial score (nSPS) is 12.3. The molecule has 0 bridgehead atoms. The Morgan fingerprint density at radius 1 is 0.237 bits per heavy atom. The minimum absolute atomic E-state index is 0.446. The second kappa shape index (κ2) is 27.8. The molecule has 408 valence electrons. The Balaban J connectivity index is 0.000000281. The van der Waals surface area contributed by atoms with Gasteiger partial charge < -0.3 is 0 Å². The third kappa shape index (κ3) is 14.3. The van der Waals surface area contributed by atoms with E-state index in [9.17, 15) is 0 Å². The summed E-state index contributed by atoms with van der Waals surface area (Å²) >= 11 is -2.66. The van der Waals surface area contributed by atoms with Crippen LogP contribution in [0.25, 0.3) is 44.5 Å². The van der Waals surface area contributed by atoms with E-state index in [0.717, 1.165) is 0 Å². The fourth-order valence-electron chi connectivity index (χ4n) is 11.2. The summed E-state index contributed by atoms with van der Waals surface area (Å²) in [6.45, 7) is 56.0. The maximum atomic E-state index is 7.10. The molecule has 4 radical (unpaired) electrons. The van der Waals surface area contributed by atoms with E-state index < -0.39 is 40.0 Å². The first-order chi connectivity index (χ1) is 35.6. The first-order valence-electron chi connectivity index (χ1n) is 29.3. The maximum absolute atomic E-state index is 7.10. The molecule has 0 aliphatic heterocycles. The summed E-state index contributed by atoms with van der Waals surface area (Å²) in [6, 6.07) is 33.8. The quantitative estimate of drug-likeness (QED) is 0.0753. The van der Waals surface area contributed by atoms with Crippen LogP contribution in [0.15, 0.2) is 84.9 Å². The third-order valence-electron chi connectivity index (χ3n) is 15.9. The van der Waals surface area contributed by atoms with Gasteiger partial charge in [-0.2, -0.15) is 0 Å². The van der Waals surface area contributed by atoms with Gasteiger partial charge in [0.1, 0.15) is 0 Å². The molecule has 6 rings (SSSR count). The molecule has 0 unspecified atom stereocenters. The monoisotopic (exact) mass is 1270 g/mol. The van der Waals surface area contributed by atoms with Gasteiger partial charge in [-0.05, 0) is 0 Å². The van der Waals surface area contributed by atoms with Gasteiger partial charge in [-0.1, -0.05) is 0 Å². The van der Waals surface area contributed by atoms with Crippen molar-refractivity contribution in [1.29, 1.82) is 0 Å².